The van der Waals surface area contributed by atoms with E-state index in [1.54, 1.807) is 0 Å². The zero-order chi connectivity index (χ0) is 36.0. The van der Waals surface area contributed by atoms with E-state index >= 15 is 0 Å². The molecule has 6 aromatic carbocycles. The van der Waals surface area contributed by atoms with Crippen LogP contribution < -0.4 is 71.3 Å². The minimum atomic E-state index is -5.36. The third-order valence-electron chi connectivity index (χ3n) is 7.65. The predicted octanol–water partition coefficient (Wildman–Crippen LogP) is -0.585. The molecule has 0 radical (unpaired) electrons. The van der Waals surface area contributed by atoms with Crippen molar-refractivity contribution in [2.75, 3.05) is 0 Å². The van der Waals surface area contributed by atoms with Gasteiger partial charge in [0, 0.05) is 37.0 Å². The molecule has 1 saturated heterocycles. The summed E-state index contributed by atoms with van der Waals surface area (Å²) in [5, 5.41) is 7.55. The van der Waals surface area contributed by atoms with Gasteiger partial charge in [0.1, 0.15) is 23.0 Å². The molecule has 0 aliphatic carbocycles. The fraction of sp³-hybridized carbons (Fsp3) is 0. The molecule has 6 aromatic rings. The summed E-state index contributed by atoms with van der Waals surface area (Å²) in [4.78, 5) is 30.7. The minimum absolute atomic E-state index is 0. The number of benzene rings is 6. The summed E-state index contributed by atoms with van der Waals surface area (Å²) < 4.78 is 46.6. The Kier molecular flexibility index (Phi) is 18.5. The zero-order valence-electron chi connectivity index (χ0n) is 28.3. The molecule has 0 spiro atoms. The van der Waals surface area contributed by atoms with Crippen molar-refractivity contribution in [3.05, 3.63) is 182 Å². The maximum atomic E-state index is 10.2. The SMILES string of the molecule is O=P1([O-])OP(=O)([O-])OP(=O)([O-])O1.[Cl-].[Cl-].[Mo].[O-2].c1ccc(P(=N[P+](c2ccccc2)(c2ccccc2)c2ccccc2)(c2ccccc2)c2ccccc2)cc1. The maximum absolute atomic E-state index is 10.2. The first-order valence-corrected chi connectivity index (χ1v) is 23.3. The van der Waals surface area contributed by atoms with Crippen molar-refractivity contribution in [1.82, 2.24) is 0 Å². The van der Waals surface area contributed by atoms with Gasteiger partial charge in [-0.05, 0) is 36.4 Å². The fourth-order valence-electron chi connectivity index (χ4n) is 5.68. The van der Waals surface area contributed by atoms with Gasteiger partial charge in [-0.25, -0.2) is 12.9 Å². The molecule has 0 saturated carbocycles. The van der Waals surface area contributed by atoms with Gasteiger partial charge < -0.3 is 45.0 Å². The van der Waals surface area contributed by atoms with Crippen LogP contribution in [0.15, 0.2) is 187 Å². The van der Waals surface area contributed by atoms with Crippen LogP contribution in [-0.4, -0.2) is 0 Å². The monoisotopic (exact) mass is 959 g/mol. The van der Waals surface area contributed by atoms with Crippen molar-refractivity contribution in [2.24, 2.45) is 4.52 Å². The molecule has 0 aromatic heterocycles. The number of halogens is 2. The molecule has 1 fully saturated rings. The van der Waals surface area contributed by atoms with Crippen molar-refractivity contribution >= 4 is 69.8 Å². The molecule has 0 atom stereocenters. The molecule has 0 N–H and O–H groups in total. The van der Waals surface area contributed by atoms with E-state index in [1.807, 2.05) is 0 Å². The number of nitrogens with zero attached hydrogens (tertiary/aromatic N) is 1. The summed E-state index contributed by atoms with van der Waals surface area (Å²) in [5.41, 5.74) is 0. The summed E-state index contributed by atoms with van der Waals surface area (Å²) >= 11 is 0. The molecule has 290 valence electrons. The van der Waals surface area contributed by atoms with Crippen molar-refractivity contribution in [3.8, 4) is 0 Å². The summed E-state index contributed by atoms with van der Waals surface area (Å²) in [6.07, 6.45) is 0. The largest absolute Gasteiger partial charge is 2.00 e. The number of hydrogen-bond acceptors (Lipinski definition) is 10. The first-order valence-electron chi connectivity index (χ1n) is 15.4. The van der Waals surface area contributed by atoms with Crippen LogP contribution in [0.2, 0.25) is 0 Å². The average molecular weight is 958 g/mol. The van der Waals surface area contributed by atoms with Gasteiger partial charge in [-0.3, -0.25) is 13.7 Å². The predicted molar refractivity (Wildman–Crippen MR) is 199 cm³/mol. The van der Waals surface area contributed by atoms with Gasteiger partial charge in [-0.1, -0.05) is 146 Å². The van der Waals surface area contributed by atoms with Crippen LogP contribution in [-0.2, 0) is 53.2 Å². The van der Waals surface area contributed by atoms with Gasteiger partial charge in [-0.2, -0.15) is 0 Å². The van der Waals surface area contributed by atoms with E-state index in [-0.39, 0.29) is 51.4 Å². The van der Waals surface area contributed by atoms with Gasteiger partial charge in [0.05, 0.1) is 0 Å². The van der Waals surface area contributed by atoms with Crippen LogP contribution in [0.25, 0.3) is 0 Å². The van der Waals surface area contributed by atoms with Gasteiger partial charge in [0.25, 0.3) is 23.5 Å². The fourth-order valence-corrected chi connectivity index (χ4v) is 19.3. The molecule has 55 heavy (non-hydrogen) atoms. The second-order valence-electron chi connectivity index (χ2n) is 11.0. The van der Waals surface area contributed by atoms with Crippen LogP contribution in [0, 0.1) is 0 Å². The van der Waals surface area contributed by atoms with Gasteiger partial charge >= 0.3 is 0 Å². The Hall–Kier alpha value is -2.34. The van der Waals surface area contributed by atoms with Crippen molar-refractivity contribution in [3.63, 3.8) is 0 Å². The number of phosphoric acid groups is 3. The smallest absolute Gasteiger partial charge is 0.280 e. The maximum Gasteiger partial charge on any atom is 0.280 e. The average Bonchev–Trinajstić information content (AvgIpc) is 3.13. The van der Waals surface area contributed by atoms with Crippen LogP contribution in [0.1, 0.15) is 0 Å². The quantitative estimate of drug-likeness (QED) is 0.149. The van der Waals surface area contributed by atoms with E-state index in [2.05, 4.69) is 195 Å². The first kappa shape index (κ1) is 48.8. The van der Waals surface area contributed by atoms with E-state index in [1.165, 1.54) is 31.8 Å². The van der Waals surface area contributed by atoms with Crippen molar-refractivity contribution in [1.29, 1.82) is 0 Å². The molecule has 1 aliphatic rings. The number of rotatable bonds is 7. The van der Waals surface area contributed by atoms with E-state index in [0.29, 0.717) is 0 Å². The third kappa shape index (κ3) is 11.4. The van der Waals surface area contributed by atoms with Gasteiger partial charge in [0.15, 0.2) is 0 Å². The van der Waals surface area contributed by atoms with Crippen LogP contribution in [0.5, 0.6) is 0 Å². The van der Waals surface area contributed by atoms with E-state index in [9.17, 15) is 28.4 Å². The van der Waals surface area contributed by atoms with Gasteiger partial charge in [-0.15, -0.1) is 4.52 Å². The molecular formula is C36H30Cl2MoNO10P5-6. The molecule has 1 heterocycles. The molecule has 0 amide bonds. The molecule has 19 heteroatoms. The van der Waals surface area contributed by atoms with Crippen molar-refractivity contribution in [2.45, 2.75) is 0 Å². The molecule has 1 aliphatic heterocycles. The van der Waals surface area contributed by atoms with Gasteiger partial charge in [0.2, 0.25) is 7.41 Å². The van der Waals surface area contributed by atoms with Crippen molar-refractivity contribution < 1.29 is 92.7 Å². The molecular weight excluding hydrogens is 928 g/mol. The van der Waals surface area contributed by atoms with E-state index in [0.717, 1.165) is 0 Å². The molecule has 11 nitrogen and oxygen atoms in total. The number of hydrogen-bond donors (Lipinski definition) is 0. The second kappa shape index (κ2) is 20.9. The molecule has 7 rings (SSSR count). The van der Waals surface area contributed by atoms with Crippen LogP contribution >= 0.6 is 37.9 Å². The zero-order valence-corrected chi connectivity index (χ0v) is 36.2. The minimum Gasteiger partial charge on any atom is -2.00 e. The Morgan fingerprint density at radius 3 is 0.836 bits per heavy atom. The first-order chi connectivity index (χ1) is 24.5. The Morgan fingerprint density at radius 2 is 0.618 bits per heavy atom. The summed E-state index contributed by atoms with van der Waals surface area (Å²) in [5.74, 6) is 0. The Bertz CT molecular complexity index is 2020. The summed E-state index contributed by atoms with van der Waals surface area (Å²) in [6, 6.07) is 65.7. The Labute approximate surface area is 346 Å². The van der Waals surface area contributed by atoms with E-state index < -0.39 is 37.9 Å². The third-order valence-corrected chi connectivity index (χ3v) is 20.9. The normalized spacial score (nSPS) is 20.3. The second-order valence-corrected chi connectivity index (χ2v) is 22.0. The Morgan fingerprint density at radius 1 is 0.418 bits per heavy atom. The molecule has 0 bridgehead atoms. The van der Waals surface area contributed by atoms with Crippen LogP contribution in [0.4, 0.5) is 0 Å². The topological polar surface area (TPSA) is 189 Å². The summed E-state index contributed by atoms with van der Waals surface area (Å²) in [7, 11) is -21.1. The Balaban J connectivity index is 0.000000565. The van der Waals surface area contributed by atoms with Crippen LogP contribution in [0.3, 0.4) is 0 Å². The standard InChI is InChI=1S/C36H30NP2.2ClH.Mo.H3O9P3.O/c1-7-19-31(20-8-1)38(32-21-9-2-10-22-32,33-23-11-3-12-24-33)37-39(34-25-13-4-14-26-34,35-27-15-5-16-28-35)36-29-17-6-18-30-36;;;;1-10(2)7-11(3,4)9-12(5,6)8-10;/h1-30H;2*1H;;(H,1,2)(H,3,4)(H,5,6);/q+1;;;;;-2/p-5. The van der Waals surface area contributed by atoms with E-state index in [4.69, 9.17) is 4.52 Å². The summed E-state index contributed by atoms with van der Waals surface area (Å²) in [6.45, 7) is 0. The molecule has 0 unspecified atom stereocenters.